The van der Waals surface area contributed by atoms with Crippen LogP contribution >= 0.6 is 0 Å². The quantitative estimate of drug-likeness (QED) is 0.826. The lowest BCUT2D eigenvalue weighted by Gasteiger charge is -2.22. The van der Waals surface area contributed by atoms with Crippen LogP contribution in [0.3, 0.4) is 0 Å². The zero-order valence-corrected chi connectivity index (χ0v) is 15.2. The van der Waals surface area contributed by atoms with Crippen LogP contribution in [0.1, 0.15) is 22.5 Å². The van der Waals surface area contributed by atoms with Gasteiger partial charge in [-0.05, 0) is 36.8 Å². The van der Waals surface area contributed by atoms with Gasteiger partial charge in [0.15, 0.2) is 0 Å². The normalized spacial score (nSPS) is 14.6. The highest BCUT2D eigenvalue weighted by Crippen LogP contribution is 2.21. The molecule has 0 N–H and O–H groups in total. The van der Waals surface area contributed by atoms with E-state index in [4.69, 9.17) is 4.74 Å². The number of benzene rings is 1. The van der Waals surface area contributed by atoms with E-state index >= 15 is 0 Å². The Balaban J connectivity index is 1.63. The first-order valence-electron chi connectivity index (χ1n) is 8.89. The second-order valence-corrected chi connectivity index (χ2v) is 6.37. The number of methoxy groups -OCH3 is 1. The van der Waals surface area contributed by atoms with Crippen molar-refractivity contribution in [2.75, 3.05) is 33.3 Å². The van der Waals surface area contributed by atoms with Crippen LogP contribution in [0.25, 0.3) is 0 Å². The summed E-state index contributed by atoms with van der Waals surface area (Å²) in [7, 11) is 1.49. The smallest absolute Gasteiger partial charge is 0.272 e. The summed E-state index contributed by atoms with van der Waals surface area (Å²) in [4.78, 5) is 32.8. The lowest BCUT2D eigenvalue weighted by atomic mass is 10.1. The Hall–Kier alpha value is -2.96. The molecule has 6 nitrogen and oxygen atoms in total. The monoisotopic (exact) mass is 371 g/mol. The number of nitrogens with zero attached hydrogens (tertiary/aromatic N) is 3. The predicted octanol–water partition coefficient (Wildman–Crippen LogP) is 2.15. The Bertz CT molecular complexity index is 813. The fraction of sp³-hybridized carbons (Fsp3) is 0.350. The molecule has 27 heavy (non-hydrogen) atoms. The zero-order valence-electron chi connectivity index (χ0n) is 15.2. The number of pyridine rings is 1. The summed E-state index contributed by atoms with van der Waals surface area (Å²) in [5.74, 6) is -0.143. The lowest BCUT2D eigenvalue weighted by molar-refractivity contribution is -0.130. The summed E-state index contributed by atoms with van der Waals surface area (Å²) >= 11 is 0. The molecule has 1 saturated heterocycles. The van der Waals surface area contributed by atoms with Crippen molar-refractivity contribution in [1.29, 1.82) is 0 Å². The predicted molar refractivity (Wildman–Crippen MR) is 98.0 cm³/mol. The number of carbonyl (C=O) groups excluding carboxylic acids is 2. The molecule has 0 atom stereocenters. The molecule has 1 aliphatic rings. The van der Waals surface area contributed by atoms with Gasteiger partial charge in [0, 0.05) is 37.9 Å². The fourth-order valence-electron chi connectivity index (χ4n) is 3.18. The summed E-state index contributed by atoms with van der Waals surface area (Å²) in [6.07, 6.45) is 2.34. The average molecular weight is 371 g/mol. The molecule has 0 bridgehead atoms. The highest BCUT2D eigenvalue weighted by atomic mass is 19.1. The second kappa shape index (κ2) is 8.62. The van der Waals surface area contributed by atoms with Crippen LogP contribution in [0.2, 0.25) is 0 Å². The summed E-state index contributed by atoms with van der Waals surface area (Å²) in [5, 5.41) is 0. The fourth-order valence-corrected chi connectivity index (χ4v) is 3.18. The molecular formula is C20H22FN3O3. The van der Waals surface area contributed by atoms with E-state index in [1.165, 1.54) is 25.3 Å². The minimum Gasteiger partial charge on any atom is -0.496 e. The van der Waals surface area contributed by atoms with Crippen LogP contribution in [0.5, 0.6) is 5.75 Å². The minimum atomic E-state index is -0.401. The van der Waals surface area contributed by atoms with Crippen molar-refractivity contribution in [1.82, 2.24) is 14.8 Å². The van der Waals surface area contributed by atoms with Gasteiger partial charge in [-0.3, -0.25) is 14.6 Å². The number of carbonyl (C=O) groups is 2. The Morgan fingerprint density at radius 1 is 1.11 bits per heavy atom. The van der Waals surface area contributed by atoms with Crippen molar-refractivity contribution in [2.45, 2.75) is 12.8 Å². The van der Waals surface area contributed by atoms with Gasteiger partial charge in [0.25, 0.3) is 5.91 Å². The third-order valence-electron chi connectivity index (χ3n) is 4.60. The lowest BCUT2D eigenvalue weighted by Crippen LogP contribution is -2.38. The molecule has 2 aromatic rings. The van der Waals surface area contributed by atoms with E-state index in [0.717, 1.165) is 0 Å². The van der Waals surface area contributed by atoms with E-state index in [2.05, 4.69) is 4.98 Å². The molecule has 1 aromatic heterocycles. The first-order valence-corrected chi connectivity index (χ1v) is 8.89. The molecule has 142 valence electrons. The molecule has 2 heterocycles. The van der Waals surface area contributed by atoms with Crippen molar-refractivity contribution in [3.8, 4) is 5.75 Å². The first-order chi connectivity index (χ1) is 13.1. The topological polar surface area (TPSA) is 62.7 Å². The van der Waals surface area contributed by atoms with Crippen molar-refractivity contribution in [2.24, 2.45) is 0 Å². The SMILES string of the molecule is COc1ccc(F)cc1CC(=O)N1CCCN(C(=O)c2ccccn2)CC1. The van der Waals surface area contributed by atoms with Gasteiger partial charge in [0.05, 0.1) is 13.5 Å². The van der Waals surface area contributed by atoms with Gasteiger partial charge < -0.3 is 14.5 Å². The van der Waals surface area contributed by atoms with Crippen LogP contribution in [0, 0.1) is 5.82 Å². The zero-order chi connectivity index (χ0) is 19.2. The van der Waals surface area contributed by atoms with Crippen LogP contribution in [0.4, 0.5) is 4.39 Å². The average Bonchev–Trinajstić information content (AvgIpc) is 2.94. The summed E-state index contributed by atoms with van der Waals surface area (Å²) in [5.41, 5.74) is 0.926. The molecule has 7 heteroatoms. The number of halogens is 1. The number of amides is 2. The van der Waals surface area contributed by atoms with E-state index in [0.29, 0.717) is 49.6 Å². The number of hydrogen-bond acceptors (Lipinski definition) is 4. The van der Waals surface area contributed by atoms with Crippen molar-refractivity contribution in [3.05, 3.63) is 59.7 Å². The first kappa shape index (κ1) is 18.8. The number of ether oxygens (including phenoxy) is 1. The van der Waals surface area contributed by atoms with Crippen molar-refractivity contribution in [3.63, 3.8) is 0 Å². The molecular weight excluding hydrogens is 349 g/mol. The Kier molecular flexibility index (Phi) is 6.01. The molecule has 2 amide bonds. The van der Waals surface area contributed by atoms with E-state index in [1.54, 1.807) is 34.2 Å². The second-order valence-electron chi connectivity index (χ2n) is 6.37. The summed E-state index contributed by atoms with van der Waals surface area (Å²) in [6.45, 7) is 2.02. The molecule has 0 unspecified atom stereocenters. The summed E-state index contributed by atoms with van der Waals surface area (Å²) < 4.78 is 18.7. The Labute approximate surface area is 157 Å². The van der Waals surface area contributed by atoms with E-state index in [-0.39, 0.29) is 18.2 Å². The molecule has 0 spiro atoms. The van der Waals surface area contributed by atoms with E-state index < -0.39 is 5.82 Å². The molecule has 0 aliphatic carbocycles. The molecule has 1 fully saturated rings. The Morgan fingerprint density at radius 3 is 2.63 bits per heavy atom. The maximum absolute atomic E-state index is 13.5. The van der Waals surface area contributed by atoms with Gasteiger partial charge in [0.1, 0.15) is 17.3 Å². The third-order valence-corrected chi connectivity index (χ3v) is 4.60. The highest BCUT2D eigenvalue weighted by Gasteiger charge is 2.24. The maximum Gasteiger partial charge on any atom is 0.272 e. The van der Waals surface area contributed by atoms with Crippen LogP contribution in [0.15, 0.2) is 42.6 Å². The standard InChI is InChI=1S/C20H22FN3O3/c1-27-18-7-6-16(21)13-15(18)14-19(25)23-9-4-10-24(12-11-23)20(26)17-5-2-3-8-22-17/h2-3,5-8,13H,4,9-12,14H2,1H3. The minimum absolute atomic E-state index is 0.0646. The van der Waals surface area contributed by atoms with Crippen LogP contribution in [-0.2, 0) is 11.2 Å². The molecule has 0 radical (unpaired) electrons. The maximum atomic E-state index is 13.5. The van der Waals surface area contributed by atoms with E-state index in [1.807, 2.05) is 0 Å². The van der Waals surface area contributed by atoms with Crippen molar-refractivity contribution >= 4 is 11.8 Å². The highest BCUT2D eigenvalue weighted by molar-refractivity contribution is 5.92. The van der Waals surface area contributed by atoms with Gasteiger partial charge in [0.2, 0.25) is 5.91 Å². The van der Waals surface area contributed by atoms with Gasteiger partial charge in [-0.2, -0.15) is 0 Å². The number of hydrogen-bond donors (Lipinski definition) is 0. The van der Waals surface area contributed by atoms with Crippen molar-refractivity contribution < 1.29 is 18.7 Å². The van der Waals surface area contributed by atoms with Gasteiger partial charge in [-0.1, -0.05) is 6.07 Å². The van der Waals surface area contributed by atoms with Crippen LogP contribution in [-0.4, -0.2) is 59.9 Å². The molecule has 1 aromatic carbocycles. The summed E-state index contributed by atoms with van der Waals surface area (Å²) in [6, 6.07) is 9.38. The molecule has 1 aliphatic heterocycles. The van der Waals surface area contributed by atoms with E-state index in [9.17, 15) is 14.0 Å². The number of aromatic nitrogens is 1. The van der Waals surface area contributed by atoms with Crippen LogP contribution < -0.4 is 4.74 Å². The van der Waals surface area contributed by atoms with Gasteiger partial charge in [-0.25, -0.2) is 4.39 Å². The van der Waals surface area contributed by atoms with Gasteiger partial charge >= 0.3 is 0 Å². The third kappa shape index (κ3) is 4.61. The van der Waals surface area contributed by atoms with Gasteiger partial charge in [-0.15, -0.1) is 0 Å². The largest absolute Gasteiger partial charge is 0.496 e. The number of rotatable bonds is 4. The Morgan fingerprint density at radius 2 is 1.89 bits per heavy atom. The molecule has 0 saturated carbocycles. The molecule has 3 rings (SSSR count).